The minimum atomic E-state index is 0.365. The van der Waals surface area contributed by atoms with Crippen LogP contribution in [0.15, 0.2) is 0 Å². The second-order valence-corrected chi connectivity index (χ2v) is 6.83. The predicted octanol–water partition coefficient (Wildman–Crippen LogP) is 2.87. The molecule has 0 aromatic heterocycles. The van der Waals surface area contributed by atoms with Crippen molar-refractivity contribution in [3.05, 3.63) is 0 Å². The highest BCUT2D eigenvalue weighted by Gasteiger charge is 2.36. The largest absolute Gasteiger partial charge is 0.330 e. The van der Waals surface area contributed by atoms with Crippen molar-refractivity contribution in [3.8, 4) is 0 Å². The molecule has 96 valence electrons. The van der Waals surface area contributed by atoms with E-state index in [-0.39, 0.29) is 0 Å². The van der Waals surface area contributed by atoms with E-state index in [0.717, 1.165) is 6.54 Å². The van der Waals surface area contributed by atoms with Crippen molar-refractivity contribution in [1.29, 1.82) is 0 Å². The molecule has 2 nitrogen and oxygen atoms in total. The van der Waals surface area contributed by atoms with Crippen LogP contribution in [-0.2, 0) is 0 Å². The molecule has 1 fully saturated rings. The molecule has 0 amide bonds. The zero-order valence-electron chi connectivity index (χ0n) is 11.8. The number of hydrogen-bond donors (Lipinski definition) is 1. The van der Waals surface area contributed by atoms with E-state index in [9.17, 15) is 0 Å². The molecule has 0 aromatic carbocycles. The third-order valence-electron chi connectivity index (χ3n) is 4.76. The normalized spacial score (nSPS) is 21.9. The molecule has 2 heteroatoms. The minimum absolute atomic E-state index is 0.365. The van der Waals surface area contributed by atoms with Gasteiger partial charge in [-0.1, -0.05) is 27.2 Å². The molecule has 2 N–H and O–H groups in total. The van der Waals surface area contributed by atoms with Gasteiger partial charge in [0.25, 0.3) is 0 Å². The number of rotatable bonds is 5. The van der Waals surface area contributed by atoms with E-state index < -0.39 is 0 Å². The molecule has 16 heavy (non-hydrogen) atoms. The van der Waals surface area contributed by atoms with Gasteiger partial charge in [-0.15, -0.1) is 0 Å². The Kier molecular flexibility index (Phi) is 4.42. The summed E-state index contributed by atoms with van der Waals surface area (Å²) in [7, 11) is 2.25. The highest BCUT2D eigenvalue weighted by Crippen LogP contribution is 2.43. The Morgan fingerprint density at radius 1 is 1.31 bits per heavy atom. The van der Waals surface area contributed by atoms with Crippen LogP contribution in [0.3, 0.4) is 0 Å². The van der Waals surface area contributed by atoms with Gasteiger partial charge in [-0.05, 0) is 57.2 Å². The summed E-state index contributed by atoms with van der Waals surface area (Å²) in [6, 6.07) is 0.627. The molecule has 1 aliphatic carbocycles. The topological polar surface area (TPSA) is 29.3 Å². The van der Waals surface area contributed by atoms with Gasteiger partial charge >= 0.3 is 0 Å². The molecule has 0 heterocycles. The number of nitrogens with zero attached hydrogens (tertiary/aromatic N) is 1. The average molecular weight is 226 g/mol. The van der Waals surface area contributed by atoms with Crippen molar-refractivity contribution in [2.75, 3.05) is 20.1 Å². The van der Waals surface area contributed by atoms with Gasteiger partial charge in [0.2, 0.25) is 0 Å². The third kappa shape index (κ3) is 3.21. The lowest BCUT2D eigenvalue weighted by Gasteiger charge is -2.43. The Morgan fingerprint density at radius 2 is 1.88 bits per heavy atom. The van der Waals surface area contributed by atoms with Crippen LogP contribution >= 0.6 is 0 Å². The summed E-state index contributed by atoms with van der Waals surface area (Å²) in [4.78, 5) is 2.50. The van der Waals surface area contributed by atoms with Crippen LogP contribution in [0.25, 0.3) is 0 Å². The average Bonchev–Trinajstić information content (AvgIpc) is 2.14. The zero-order valence-corrected chi connectivity index (χ0v) is 11.8. The van der Waals surface area contributed by atoms with Crippen LogP contribution < -0.4 is 5.73 Å². The van der Waals surface area contributed by atoms with Crippen molar-refractivity contribution in [1.82, 2.24) is 4.90 Å². The lowest BCUT2D eigenvalue weighted by Crippen LogP contribution is -2.44. The van der Waals surface area contributed by atoms with Gasteiger partial charge in [-0.2, -0.15) is 0 Å². The molecule has 0 spiro atoms. The van der Waals surface area contributed by atoms with Crippen molar-refractivity contribution < 1.29 is 0 Å². The second kappa shape index (κ2) is 5.05. The van der Waals surface area contributed by atoms with Crippen LogP contribution in [0.5, 0.6) is 0 Å². The first kappa shape index (κ1) is 14.0. The fourth-order valence-electron chi connectivity index (χ4n) is 2.50. The van der Waals surface area contributed by atoms with Crippen molar-refractivity contribution in [3.63, 3.8) is 0 Å². The van der Waals surface area contributed by atoms with Crippen LogP contribution in [0.4, 0.5) is 0 Å². The highest BCUT2D eigenvalue weighted by molar-refractivity contribution is 4.89. The Hall–Kier alpha value is -0.0800. The van der Waals surface area contributed by atoms with Gasteiger partial charge in [-0.3, -0.25) is 0 Å². The molecular formula is C14H30N2. The number of nitrogens with two attached hydrogens (primary N) is 1. The summed E-state index contributed by atoms with van der Waals surface area (Å²) in [6.07, 6.45) is 5.36. The molecule has 1 aliphatic rings. The summed E-state index contributed by atoms with van der Waals surface area (Å²) in [5, 5.41) is 0. The molecule has 1 atom stereocenters. The van der Waals surface area contributed by atoms with E-state index in [1.807, 2.05) is 0 Å². The molecule has 1 saturated carbocycles. The van der Waals surface area contributed by atoms with E-state index >= 15 is 0 Å². The van der Waals surface area contributed by atoms with Crippen LogP contribution in [0.1, 0.15) is 53.4 Å². The maximum atomic E-state index is 5.90. The standard InChI is InChI=1S/C14H30N2/c1-12(13(2,3)4)16(5)10-9-14(11-15)7-6-8-14/h12H,6-11,15H2,1-5H3. The van der Waals surface area contributed by atoms with Crippen molar-refractivity contribution in [2.24, 2.45) is 16.6 Å². The smallest absolute Gasteiger partial charge is 0.0112 e. The monoisotopic (exact) mass is 226 g/mol. The first-order valence-electron chi connectivity index (χ1n) is 6.71. The fourth-order valence-corrected chi connectivity index (χ4v) is 2.50. The second-order valence-electron chi connectivity index (χ2n) is 6.83. The SMILES string of the molecule is CC(N(C)CCC1(CN)CCC1)C(C)(C)C. The summed E-state index contributed by atoms with van der Waals surface area (Å²) < 4.78 is 0. The fraction of sp³-hybridized carbons (Fsp3) is 1.00. The molecule has 0 bridgehead atoms. The Labute approximate surface area is 102 Å². The Morgan fingerprint density at radius 3 is 2.19 bits per heavy atom. The van der Waals surface area contributed by atoms with E-state index in [1.165, 1.54) is 32.2 Å². The lowest BCUT2D eigenvalue weighted by molar-refractivity contribution is 0.0798. The van der Waals surface area contributed by atoms with Crippen molar-refractivity contribution >= 4 is 0 Å². The van der Waals surface area contributed by atoms with E-state index in [4.69, 9.17) is 5.73 Å². The molecule has 1 rings (SSSR count). The summed E-state index contributed by atoms with van der Waals surface area (Å²) in [5.41, 5.74) is 6.76. The highest BCUT2D eigenvalue weighted by atomic mass is 15.1. The molecule has 0 radical (unpaired) electrons. The van der Waals surface area contributed by atoms with Crippen molar-refractivity contribution in [2.45, 2.75) is 59.4 Å². The maximum Gasteiger partial charge on any atom is 0.0112 e. The van der Waals surface area contributed by atoms with Gasteiger partial charge in [0.1, 0.15) is 0 Å². The van der Waals surface area contributed by atoms with Crippen LogP contribution in [0.2, 0.25) is 0 Å². The minimum Gasteiger partial charge on any atom is -0.330 e. The Balaban J connectivity index is 2.37. The van der Waals surface area contributed by atoms with Gasteiger partial charge in [0.15, 0.2) is 0 Å². The first-order chi connectivity index (χ1) is 7.31. The van der Waals surface area contributed by atoms with Crippen LogP contribution in [-0.4, -0.2) is 31.1 Å². The zero-order chi connectivity index (χ0) is 12.4. The third-order valence-corrected chi connectivity index (χ3v) is 4.76. The molecular weight excluding hydrogens is 196 g/mol. The van der Waals surface area contributed by atoms with Crippen LogP contribution in [0, 0.1) is 10.8 Å². The molecule has 0 saturated heterocycles. The molecule has 1 unspecified atom stereocenters. The molecule has 0 aliphatic heterocycles. The van der Waals surface area contributed by atoms with E-state index in [1.54, 1.807) is 0 Å². The van der Waals surface area contributed by atoms with Gasteiger partial charge in [0.05, 0.1) is 0 Å². The van der Waals surface area contributed by atoms with Gasteiger partial charge in [-0.25, -0.2) is 0 Å². The summed E-state index contributed by atoms with van der Waals surface area (Å²) >= 11 is 0. The maximum absolute atomic E-state index is 5.90. The summed E-state index contributed by atoms with van der Waals surface area (Å²) in [5.74, 6) is 0. The summed E-state index contributed by atoms with van der Waals surface area (Å²) in [6.45, 7) is 11.3. The van der Waals surface area contributed by atoms with Gasteiger partial charge < -0.3 is 10.6 Å². The number of hydrogen-bond acceptors (Lipinski definition) is 2. The lowest BCUT2D eigenvalue weighted by atomic mass is 9.66. The van der Waals surface area contributed by atoms with E-state index in [2.05, 4.69) is 39.6 Å². The first-order valence-corrected chi connectivity index (χ1v) is 6.71. The quantitative estimate of drug-likeness (QED) is 0.781. The predicted molar refractivity (Wildman–Crippen MR) is 71.5 cm³/mol. The van der Waals surface area contributed by atoms with Gasteiger partial charge in [0, 0.05) is 6.04 Å². The Bertz CT molecular complexity index is 208. The van der Waals surface area contributed by atoms with E-state index in [0.29, 0.717) is 16.9 Å². The molecule has 0 aromatic rings.